The molecule has 26 heavy (non-hydrogen) atoms. The van der Waals surface area contributed by atoms with Crippen LogP contribution in [-0.2, 0) is 6.54 Å². The van der Waals surface area contributed by atoms with Crippen molar-refractivity contribution in [2.24, 2.45) is 4.99 Å². The van der Waals surface area contributed by atoms with Crippen LogP contribution in [0.3, 0.4) is 0 Å². The van der Waals surface area contributed by atoms with Crippen molar-refractivity contribution in [2.45, 2.75) is 26.4 Å². The SMILES string of the molecule is CCNC(=NCc1ncc(C)s1)NCC(c1c(F)cccc1F)N(C)C. The number of guanidine groups is 1. The predicted octanol–water partition coefficient (Wildman–Crippen LogP) is 3.09. The maximum absolute atomic E-state index is 14.2. The number of hydrogen-bond acceptors (Lipinski definition) is 4. The van der Waals surface area contributed by atoms with Crippen molar-refractivity contribution in [1.82, 2.24) is 20.5 Å². The number of nitrogens with zero attached hydrogens (tertiary/aromatic N) is 3. The van der Waals surface area contributed by atoms with Crippen molar-refractivity contribution in [3.8, 4) is 0 Å². The number of aliphatic imine (C=N–C) groups is 1. The minimum absolute atomic E-state index is 0.0522. The van der Waals surface area contributed by atoms with Crippen molar-refractivity contribution >= 4 is 17.3 Å². The number of halogens is 2. The molecule has 2 rings (SSSR count). The van der Waals surface area contributed by atoms with Gasteiger partial charge in [-0.25, -0.2) is 18.8 Å². The second kappa shape index (κ2) is 9.59. The molecule has 0 amide bonds. The summed E-state index contributed by atoms with van der Waals surface area (Å²) < 4.78 is 28.3. The maximum Gasteiger partial charge on any atom is 0.191 e. The van der Waals surface area contributed by atoms with Gasteiger partial charge in [0.05, 0.1) is 12.6 Å². The molecule has 0 aliphatic carbocycles. The summed E-state index contributed by atoms with van der Waals surface area (Å²) >= 11 is 1.60. The molecule has 1 heterocycles. The van der Waals surface area contributed by atoms with E-state index in [-0.39, 0.29) is 5.56 Å². The summed E-state index contributed by atoms with van der Waals surface area (Å²) in [6.45, 7) is 5.41. The molecule has 0 aliphatic rings. The summed E-state index contributed by atoms with van der Waals surface area (Å²) in [5.74, 6) is -0.514. The van der Waals surface area contributed by atoms with E-state index < -0.39 is 17.7 Å². The van der Waals surface area contributed by atoms with Gasteiger partial charge in [0, 0.05) is 29.7 Å². The van der Waals surface area contributed by atoms with Crippen molar-refractivity contribution in [1.29, 1.82) is 0 Å². The van der Waals surface area contributed by atoms with Gasteiger partial charge in [0.2, 0.25) is 0 Å². The van der Waals surface area contributed by atoms with E-state index in [0.717, 1.165) is 9.88 Å². The van der Waals surface area contributed by atoms with Gasteiger partial charge in [-0.2, -0.15) is 0 Å². The monoisotopic (exact) mass is 381 g/mol. The highest BCUT2D eigenvalue weighted by Gasteiger charge is 2.22. The molecule has 0 bridgehead atoms. The lowest BCUT2D eigenvalue weighted by Crippen LogP contribution is -2.42. The topological polar surface area (TPSA) is 52.6 Å². The predicted molar refractivity (Wildman–Crippen MR) is 102 cm³/mol. The minimum atomic E-state index is -0.550. The van der Waals surface area contributed by atoms with Crippen LogP contribution in [0.4, 0.5) is 8.78 Å². The highest BCUT2D eigenvalue weighted by atomic mass is 32.1. The first-order valence-corrected chi connectivity index (χ1v) is 9.27. The molecule has 1 aromatic heterocycles. The standard InChI is InChI=1S/C18H25F2N5S/c1-5-21-18(24-11-16-22-9-12(2)26-16)23-10-15(25(3)4)17-13(19)7-6-8-14(17)20/h6-9,15H,5,10-11H2,1-4H3,(H2,21,23,24). The Labute approximate surface area is 157 Å². The van der Waals surface area contributed by atoms with Crippen molar-refractivity contribution in [3.05, 3.63) is 51.5 Å². The third-order valence-electron chi connectivity index (χ3n) is 3.80. The number of hydrogen-bond donors (Lipinski definition) is 2. The highest BCUT2D eigenvalue weighted by molar-refractivity contribution is 7.11. The molecule has 2 N–H and O–H groups in total. The fourth-order valence-electron chi connectivity index (χ4n) is 2.53. The van der Waals surface area contributed by atoms with Crippen LogP contribution in [0.2, 0.25) is 0 Å². The third-order valence-corrected chi connectivity index (χ3v) is 4.70. The molecule has 1 unspecified atom stereocenters. The number of thiazole rings is 1. The van der Waals surface area contributed by atoms with Crippen molar-refractivity contribution < 1.29 is 8.78 Å². The first kappa shape index (κ1) is 20.3. The van der Waals surface area contributed by atoms with Crippen LogP contribution >= 0.6 is 11.3 Å². The van der Waals surface area contributed by atoms with E-state index >= 15 is 0 Å². The summed E-state index contributed by atoms with van der Waals surface area (Å²) in [6.07, 6.45) is 1.82. The molecule has 0 aliphatic heterocycles. The van der Waals surface area contributed by atoms with E-state index in [2.05, 4.69) is 20.6 Å². The Morgan fingerprint density at radius 3 is 2.50 bits per heavy atom. The molecule has 1 atom stereocenters. The average Bonchev–Trinajstić information content (AvgIpc) is 3.00. The average molecular weight is 381 g/mol. The van der Waals surface area contributed by atoms with Crippen molar-refractivity contribution in [2.75, 3.05) is 27.2 Å². The molecule has 0 saturated heterocycles. The van der Waals surface area contributed by atoms with Crippen LogP contribution < -0.4 is 10.6 Å². The molecule has 2 aromatic rings. The number of aromatic nitrogens is 1. The van der Waals surface area contributed by atoms with Crippen LogP contribution in [0.25, 0.3) is 0 Å². The van der Waals surface area contributed by atoms with Crippen LogP contribution in [-0.4, -0.2) is 43.0 Å². The summed E-state index contributed by atoms with van der Waals surface area (Å²) in [4.78, 5) is 11.7. The Morgan fingerprint density at radius 1 is 1.27 bits per heavy atom. The molecule has 142 valence electrons. The van der Waals surface area contributed by atoms with Crippen LogP contribution in [0.15, 0.2) is 29.4 Å². The van der Waals surface area contributed by atoms with E-state index in [4.69, 9.17) is 0 Å². The Morgan fingerprint density at radius 2 is 1.96 bits per heavy atom. The summed E-state index contributed by atoms with van der Waals surface area (Å²) in [5, 5.41) is 7.24. The van der Waals surface area contributed by atoms with Gasteiger partial charge in [-0.15, -0.1) is 11.3 Å². The number of benzene rings is 1. The quantitative estimate of drug-likeness (QED) is 0.572. The van der Waals surface area contributed by atoms with E-state index in [9.17, 15) is 8.78 Å². The van der Waals surface area contributed by atoms with E-state index in [1.54, 1.807) is 30.3 Å². The molecule has 0 saturated carbocycles. The molecule has 0 radical (unpaired) electrons. The highest BCUT2D eigenvalue weighted by Crippen LogP contribution is 2.23. The van der Waals surface area contributed by atoms with Gasteiger partial charge in [-0.05, 0) is 40.1 Å². The van der Waals surface area contributed by atoms with Gasteiger partial charge in [-0.1, -0.05) is 6.07 Å². The Balaban J connectivity index is 2.11. The first-order valence-electron chi connectivity index (χ1n) is 8.46. The zero-order chi connectivity index (χ0) is 19.1. The van der Waals surface area contributed by atoms with Crippen LogP contribution in [0, 0.1) is 18.6 Å². The fourth-order valence-corrected chi connectivity index (χ4v) is 3.24. The Kier molecular flexibility index (Phi) is 7.47. The van der Waals surface area contributed by atoms with Gasteiger partial charge in [0.1, 0.15) is 16.6 Å². The van der Waals surface area contributed by atoms with Crippen molar-refractivity contribution in [3.63, 3.8) is 0 Å². The zero-order valence-corrected chi connectivity index (χ0v) is 16.3. The summed E-state index contributed by atoms with van der Waals surface area (Å²) in [7, 11) is 3.58. The number of rotatable bonds is 7. The lowest BCUT2D eigenvalue weighted by molar-refractivity contribution is 0.282. The van der Waals surface area contributed by atoms with E-state index in [1.807, 2.05) is 20.0 Å². The number of likely N-dealkylation sites (N-methyl/N-ethyl adjacent to an activating group) is 1. The molecular formula is C18H25F2N5S. The lowest BCUT2D eigenvalue weighted by atomic mass is 10.0. The van der Waals surface area contributed by atoms with Gasteiger partial charge < -0.3 is 15.5 Å². The Bertz CT molecular complexity index is 725. The Hall–Kier alpha value is -2.06. The molecule has 1 aromatic carbocycles. The normalized spacial score (nSPS) is 13.1. The van der Waals surface area contributed by atoms with Crippen LogP contribution in [0.1, 0.15) is 28.4 Å². The molecule has 8 heteroatoms. The largest absolute Gasteiger partial charge is 0.357 e. The minimum Gasteiger partial charge on any atom is -0.357 e. The third kappa shape index (κ3) is 5.47. The van der Waals surface area contributed by atoms with Gasteiger partial charge >= 0.3 is 0 Å². The molecule has 5 nitrogen and oxygen atoms in total. The smallest absolute Gasteiger partial charge is 0.191 e. The maximum atomic E-state index is 14.2. The summed E-state index contributed by atoms with van der Waals surface area (Å²) in [6, 6.07) is 3.45. The first-order chi connectivity index (χ1) is 12.4. The van der Waals surface area contributed by atoms with Gasteiger partial charge in [0.15, 0.2) is 5.96 Å². The van der Waals surface area contributed by atoms with Gasteiger partial charge in [-0.3, -0.25) is 0 Å². The molecule has 0 spiro atoms. The zero-order valence-electron chi connectivity index (χ0n) is 15.5. The molecule has 0 fully saturated rings. The molecular weight excluding hydrogens is 356 g/mol. The number of nitrogens with one attached hydrogen (secondary N) is 2. The van der Waals surface area contributed by atoms with E-state index in [0.29, 0.717) is 25.6 Å². The number of aryl methyl sites for hydroxylation is 1. The lowest BCUT2D eigenvalue weighted by Gasteiger charge is -2.26. The van der Waals surface area contributed by atoms with Gasteiger partial charge in [0.25, 0.3) is 0 Å². The summed E-state index contributed by atoms with van der Waals surface area (Å²) in [5.41, 5.74) is 0.0522. The van der Waals surface area contributed by atoms with Crippen LogP contribution in [0.5, 0.6) is 0 Å². The van der Waals surface area contributed by atoms with E-state index in [1.165, 1.54) is 18.2 Å². The fraction of sp³-hybridized carbons (Fsp3) is 0.444. The second-order valence-corrected chi connectivity index (χ2v) is 7.37. The second-order valence-electron chi connectivity index (χ2n) is 6.06.